The summed E-state index contributed by atoms with van der Waals surface area (Å²) in [5.74, 6) is 0.0713. The number of hydrogen-bond donors (Lipinski definition) is 0. The quantitative estimate of drug-likeness (QED) is 0.643. The van der Waals surface area contributed by atoms with Crippen LogP contribution in [-0.2, 0) is 26.2 Å². The highest BCUT2D eigenvalue weighted by molar-refractivity contribution is 7.89. The second-order valence-electron chi connectivity index (χ2n) is 9.66. The van der Waals surface area contributed by atoms with Gasteiger partial charge in [0.15, 0.2) is 0 Å². The molecule has 3 aliphatic rings. The zero-order chi connectivity index (χ0) is 23.6. The van der Waals surface area contributed by atoms with Crippen molar-refractivity contribution < 1.29 is 18.0 Å². The molecular weight excluding hydrogens is 442 g/mol. The number of aromatic nitrogens is 2. The summed E-state index contributed by atoms with van der Waals surface area (Å²) in [5, 5.41) is 4.40. The molecule has 33 heavy (non-hydrogen) atoms. The SMILES string of the molecule is Cc1nn(CC(=O)N2CCCC2)c(C)c1S(=O)(=O)N1CCC(C(=O)N2CCCCCC2)CC1. The number of sulfonamides is 1. The Bertz CT molecular complexity index is 967. The van der Waals surface area contributed by atoms with E-state index in [2.05, 4.69) is 5.10 Å². The standard InChI is InChI=1S/C23H37N5O4S/c1-18-22(19(2)28(24-18)17-21(29)25-11-7-8-12-25)33(31,32)27-15-9-20(10-16-27)23(30)26-13-5-3-4-6-14-26/h20H,3-17H2,1-2H3. The Balaban J connectivity index is 1.42. The molecule has 3 aliphatic heterocycles. The second-order valence-corrected chi connectivity index (χ2v) is 11.5. The van der Waals surface area contributed by atoms with Gasteiger partial charge in [-0.2, -0.15) is 9.40 Å². The lowest BCUT2D eigenvalue weighted by Gasteiger charge is -2.33. The van der Waals surface area contributed by atoms with Gasteiger partial charge in [0.2, 0.25) is 21.8 Å². The molecule has 0 saturated carbocycles. The maximum absolute atomic E-state index is 13.5. The number of likely N-dealkylation sites (tertiary alicyclic amines) is 2. The zero-order valence-corrected chi connectivity index (χ0v) is 20.8. The smallest absolute Gasteiger partial charge is 0.246 e. The van der Waals surface area contributed by atoms with Gasteiger partial charge in [-0.05, 0) is 52.4 Å². The van der Waals surface area contributed by atoms with Crippen molar-refractivity contribution in [3.05, 3.63) is 11.4 Å². The molecule has 3 fully saturated rings. The second kappa shape index (κ2) is 10.1. The van der Waals surface area contributed by atoms with Crippen LogP contribution in [-0.4, -0.2) is 83.4 Å². The van der Waals surface area contributed by atoms with Crippen LogP contribution in [0.1, 0.15) is 62.8 Å². The summed E-state index contributed by atoms with van der Waals surface area (Å²) in [4.78, 5) is 29.5. The van der Waals surface area contributed by atoms with Crippen molar-refractivity contribution in [2.75, 3.05) is 39.3 Å². The summed E-state index contributed by atoms with van der Waals surface area (Å²) in [6, 6.07) is 0. The normalized spacial score (nSPS) is 21.4. The highest BCUT2D eigenvalue weighted by Gasteiger charge is 2.36. The molecule has 0 aliphatic carbocycles. The van der Waals surface area contributed by atoms with E-state index in [1.807, 2.05) is 9.80 Å². The summed E-state index contributed by atoms with van der Waals surface area (Å²) in [7, 11) is -3.74. The third kappa shape index (κ3) is 5.11. The maximum atomic E-state index is 13.5. The maximum Gasteiger partial charge on any atom is 0.246 e. The Morgan fingerprint density at radius 1 is 0.848 bits per heavy atom. The molecule has 0 atom stereocenters. The number of hydrogen-bond acceptors (Lipinski definition) is 5. The van der Waals surface area contributed by atoms with E-state index in [0.29, 0.717) is 37.3 Å². The van der Waals surface area contributed by atoms with Crippen molar-refractivity contribution in [2.24, 2.45) is 5.92 Å². The first-order valence-corrected chi connectivity index (χ1v) is 13.8. The topological polar surface area (TPSA) is 95.8 Å². The van der Waals surface area contributed by atoms with Gasteiger partial charge < -0.3 is 9.80 Å². The lowest BCUT2D eigenvalue weighted by Crippen LogP contribution is -2.44. The van der Waals surface area contributed by atoms with Crippen molar-refractivity contribution in [1.82, 2.24) is 23.9 Å². The number of nitrogens with zero attached hydrogens (tertiary/aromatic N) is 5. The van der Waals surface area contributed by atoms with Crippen LogP contribution < -0.4 is 0 Å². The summed E-state index contributed by atoms with van der Waals surface area (Å²) < 4.78 is 30.0. The fourth-order valence-corrected chi connectivity index (χ4v) is 7.27. The average Bonchev–Trinajstić information content (AvgIpc) is 3.33. The van der Waals surface area contributed by atoms with Crippen LogP contribution in [0.4, 0.5) is 0 Å². The molecule has 1 aromatic heterocycles. The van der Waals surface area contributed by atoms with E-state index in [1.165, 1.54) is 21.8 Å². The van der Waals surface area contributed by atoms with Crippen molar-refractivity contribution >= 4 is 21.8 Å². The lowest BCUT2D eigenvalue weighted by atomic mass is 9.96. The van der Waals surface area contributed by atoms with Crippen LogP contribution in [0.25, 0.3) is 0 Å². The first-order chi connectivity index (χ1) is 15.8. The minimum atomic E-state index is -3.74. The van der Waals surface area contributed by atoms with E-state index >= 15 is 0 Å². The van der Waals surface area contributed by atoms with Crippen LogP contribution in [0.5, 0.6) is 0 Å². The number of piperidine rings is 1. The number of amides is 2. The van der Waals surface area contributed by atoms with E-state index in [1.54, 1.807) is 13.8 Å². The molecule has 0 N–H and O–H groups in total. The summed E-state index contributed by atoms with van der Waals surface area (Å²) in [6.45, 7) is 7.31. The monoisotopic (exact) mass is 479 g/mol. The Morgan fingerprint density at radius 3 is 2.00 bits per heavy atom. The van der Waals surface area contributed by atoms with Crippen LogP contribution in [0.2, 0.25) is 0 Å². The minimum Gasteiger partial charge on any atom is -0.342 e. The van der Waals surface area contributed by atoms with Crippen molar-refractivity contribution in [3.8, 4) is 0 Å². The van der Waals surface area contributed by atoms with Gasteiger partial charge in [0, 0.05) is 45.2 Å². The fourth-order valence-electron chi connectivity index (χ4n) is 5.42. The molecule has 0 aromatic carbocycles. The lowest BCUT2D eigenvalue weighted by molar-refractivity contribution is -0.136. The molecule has 184 valence electrons. The molecule has 2 amide bonds. The van der Waals surface area contributed by atoms with Crippen LogP contribution >= 0.6 is 0 Å². The minimum absolute atomic E-state index is 0.0186. The summed E-state index contributed by atoms with van der Waals surface area (Å²) in [6.07, 6.45) is 7.59. The predicted molar refractivity (Wildman–Crippen MR) is 124 cm³/mol. The summed E-state index contributed by atoms with van der Waals surface area (Å²) >= 11 is 0. The molecule has 4 rings (SSSR count). The highest BCUT2D eigenvalue weighted by Crippen LogP contribution is 2.29. The van der Waals surface area contributed by atoms with Crippen molar-refractivity contribution in [1.29, 1.82) is 0 Å². The van der Waals surface area contributed by atoms with E-state index in [-0.39, 0.29) is 29.2 Å². The number of rotatable bonds is 5. The van der Waals surface area contributed by atoms with Crippen LogP contribution in [0, 0.1) is 19.8 Å². The molecule has 0 bridgehead atoms. The Kier molecular flexibility index (Phi) is 7.43. The molecular formula is C23H37N5O4S. The molecule has 0 spiro atoms. The summed E-state index contributed by atoms with van der Waals surface area (Å²) in [5.41, 5.74) is 0.923. The van der Waals surface area contributed by atoms with Gasteiger partial charge in [-0.15, -0.1) is 0 Å². The number of carbonyl (C=O) groups is 2. The van der Waals surface area contributed by atoms with Crippen molar-refractivity contribution in [2.45, 2.75) is 76.7 Å². The van der Waals surface area contributed by atoms with Crippen LogP contribution in [0.15, 0.2) is 4.90 Å². The van der Waals surface area contributed by atoms with Gasteiger partial charge in [-0.3, -0.25) is 14.3 Å². The van der Waals surface area contributed by atoms with Crippen LogP contribution in [0.3, 0.4) is 0 Å². The van der Waals surface area contributed by atoms with Gasteiger partial charge in [0.05, 0.1) is 11.4 Å². The van der Waals surface area contributed by atoms with Gasteiger partial charge in [0.25, 0.3) is 0 Å². The molecule has 9 nitrogen and oxygen atoms in total. The molecule has 1 aromatic rings. The Labute approximate surface area is 197 Å². The average molecular weight is 480 g/mol. The largest absolute Gasteiger partial charge is 0.342 e. The molecule has 4 heterocycles. The molecule has 10 heteroatoms. The zero-order valence-electron chi connectivity index (χ0n) is 20.0. The Morgan fingerprint density at radius 2 is 1.39 bits per heavy atom. The molecule has 3 saturated heterocycles. The first kappa shape index (κ1) is 24.2. The first-order valence-electron chi connectivity index (χ1n) is 12.4. The predicted octanol–water partition coefficient (Wildman–Crippen LogP) is 1.93. The number of aryl methyl sites for hydroxylation is 1. The molecule has 0 unspecified atom stereocenters. The van der Waals surface area contributed by atoms with E-state index in [4.69, 9.17) is 0 Å². The van der Waals surface area contributed by atoms with Gasteiger partial charge in [-0.1, -0.05) is 12.8 Å². The molecule has 0 radical (unpaired) electrons. The van der Waals surface area contributed by atoms with Gasteiger partial charge in [0.1, 0.15) is 11.4 Å². The van der Waals surface area contributed by atoms with Gasteiger partial charge in [-0.25, -0.2) is 8.42 Å². The van der Waals surface area contributed by atoms with E-state index < -0.39 is 10.0 Å². The van der Waals surface area contributed by atoms with Gasteiger partial charge >= 0.3 is 0 Å². The van der Waals surface area contributed by atoms with Crippen molar-refractivity contribution in [3.63, 3.8) is 0 Å². The fraction of sp³-hybridized carbons (Fsp3) is 0.783. The third-order valence-corrected chi connectivity index (χ3v) is 9.53. The van der Waals surface area contributed by atoms with E-state index in [0.717, 1.165) is 51.9 Å². The Hall–Kier alpha value is -1.94. The van der Waals surface area contributed by atoms with E-state index in [9.17, 15) is 18.0 Å². The highest BCUT2D eigenvalue weighted by atomic mass is 32.2. The third-order valence-electron chi connectivity index (χ3n) is 7.38. The number of carbonyl (C=O) groups excluding carboxylic acids is 2.